The molecule has 1 fully saturated rings. The topological polar surface area (TPSA) is 21.3 Å². The van der Waals surface area contributed by atoms with Gasteiger partial charge in [-0.3, -0.25) is 0 Å². The smallest absolute Gasteiger partial charge is 0.112 e. The average molecular weight is 197 g/mol. The molecule has 2 unspecified atom stereocenters. The minimum atomic E-state index is -0.119. The molecule has 0 bridgehead atoms. The van der Waals surface area contributed by atoms with E-state index in [4.69, 9.17) is 4.74 Å². The number of hydrogen-bond acceptors (Lipinski definition) is 3. The van der Waals surface area contributed by atoms with Crippen molar-refractivity contribution >= 4 is 11.3 Å². The maximum atomic E-state index is 5.97. The quantitative estimate of drug-likeness (QED) is 0.743. The number of thiophene rings is 1. The third kappa shape index (κ3) is 1.77. The lowest BCUT2D eigenvalue weighted by Crippen LogP contribution is -2.48. The van der Waals surface area contributed by atoms with Crippen molar-refractivity contribution in [2.24, 2.45) is 0 Å². The SMILES string of the molecule is CC1CNCC(C)(c2cccs2)O1. The Kier molecular flexibility index (Phi) is 2.41. The molecule has 3 heteroatoms. The Labute approximate surface area is 82.9 Å². The highest BCUT2D eigenvalue weighted by atomic mass is 32.1. The van der Waals surface area contributed by atoms with Gasteiger partial charge in [-0.05, 0) is 25.3 Å². The molecule has 0 radical (unpaired) electrons. The molecule has 1 aromatic heterocycles. The maximum Gasteiger partial charge on any atom is 0.112 e. The van der Waals surface area contributed by atoms with Gasteiger partial charge in [-0.25, -0.2) is 0 Å². The standard InChI is InChI=1S/C10H15NOS/c1-8-6-11-7-10(2,12-8)9-4-3-5-13-9/h3-5,8,11H,6-7H2,1-2H3. The summed E-state index contributed by atoms with van der Waals surface area (Å²) in [6, 6.07) is 4.22. The Morgan fingerprint density at radius 1 is 1.69 bits per heavy atom. The lowest BCUT2D eigenvalue weighted by molar-refractivity contribution is -0.100. The van der Waals surface area contributed by atoms with E-state index in [2.05, 4.69) is 36.7 Å². The summed E-state index contributed by atoms with van der Waals surface area (Å²) < 4.78 is 5.97. The van der Waals surface area contributed by atoms with Gasteiger partial charge in [0.25, 0.3) is 0 Å². The molecule has 72 valence electrons. The highest BCUT2D eigenvalue weighted by Crippen LogP contribution is 2.31. The summed E-state index contributed by atoms with van der Waals surface area (Å²) in [5.41, 5.74) is -0.119. The van der Waals surface area contributed by atoms with Crippen molar-refractivity contribution in [1.82, 2.24) is 5.32 Å². The van der Waals surface area contributed by atoms with Crippen LogP contribution in [-0.2, 0) is 10.3 Å². The van der Waals surface area contributed by atoms with Crippen LogP contribution in [0.5, 0.6) is 0 Å². The first-order valence-electron chi connectivity index (χ1n) is 4.63. The van der Waals surface area contributed by atoms with Gasteiger partial charge in [0.2, 0.25) is 0 Å². The predicted octanol–water partition coefficient (Wildman–Crippen LogP) is 1.97. The van der Waals surface area contributed by atoms with Gasteiger partial charge in [-0.1, -0.05) is 6.07 Å². The highest BCUT2D eigenvalue weighted by Gasteiger charge is 2.33. The molecular formula is C10H15NOS. The summed E-state index contributed by atoms with van der Waals surface area (Å²) in [5.74, 6) is 0. The number of rotatable bonds is 1. The van der Waals surface area contributed by atoms with E-state index in [-0.39, 0.29) is 5.60 Å². The molecular weight excluding hydrogens is 182 g/mol. The van der Waals surface area contributed by atoms with Gasteiger partial charge in [-0.15, -0.1) is 11.3 Å². The largest absolute Gasteiger partial charge is 0.364 e. The molecule has 0 aliphatic carbocycles. The second-order valence-electron chi connectivity index (χ2n) is 3.77. The minimum absolute atomic E-state index is 0.119. The monoisotopic (exact) mass is 197 g/mol. The van der Waals surface area contributed by atoms with E-state index >= 15 is 0 Å². The maximum absolute atomic E-state index is 5.97. The fourth-order valence-electron chi connectivity index (χ4n) is 1.77. The van der Waals surface area contributed by atoms with Crippen molar-refractivity contribution in [1.29, 1.82) is 0 Å². The third-order valence-corrected chi connectivity index (χ3v) is 3.51. The summed E-state index contributed by atoms with van der Waals surface area (Å²) in [5, 5.41) is 5.50. The number of morpholine rings is 1. The molecule has 0 spiro atoms. The summed E-state index contributed by atoms with van der Waals surface area (Å²) in [6.07, 6.45) is 0.306. The summed E-state index contributed by atoms with van der Waals surface area (Å²) in [4.78, 5) is 1.31. The van der Waals surface area contributed by atoms with Crippen LogP contribution in [0.25, 0.3) is 0 Å². The molecule has 0 aromatic carbocycles. The van der Waals surface area contributed by atoms with Crippen LogP contribution in [0.2, 0.25) is 0 Å². The van der Waals surface area contributed by atoms with Gasteiger partial charge < -0.3 is 10.1 Å². The van der Waals surface area contributed by atoms with Crippen LogP contribution < -0.4 is 5.32 Å². The Hall–Kier alpha value is -0.380. The first kappa shape index (κ1) is 9.19. The average Bonchev–Trinajstić information content (AvgIpc) is 2.55. The van der Waals surface area contributed by atoms with Crippen LogP contribution in [0.3, 0.4) is 0 Å². The van der Waals surface area contributed by atoms with Gasteiger partial charge in [0.15, 0.2) is 0 Å². The van der Waals surface area contributed by atoms with E-state index in [9.17, 15) is 0 Å². The van der Waals surface area contributed by atoms with E-state index in [0.29, 0.717) is 6.10 Å². The minimum Gasteiger partial charge on any atom is -0.364 e. The fourth-order valence-corrected chi connectivity index (χ4v) is 2.60. The molecule has 13 heavy (non-hydrogen) atoms. The van der Waals surface area contributed by atoms with Gasteiger partial charge in [-0.2, -0.15) is 0 Å². The normalized spacial score (nSPS) is 34.8. The van der Waals surface area contributed by atoms with Crippen LogP contribution in [0.1, 0.15) is 18.7 Å². The zero-order valence-corrected chi connectivity index (χ0v) is 8.86. The third-order valence-electron chi connectivity index (χ3n) is 2.40. The van der Waals surface area contributed by atoms with E-state index in [1.807, 2.05) is 0 Å². The molecule has 0 amide bonds. The molecule has 1 N–H and O–H groups in total. The van der Waals surface area contributed by atoms with Crippen molar-refractivity contribution in [3.63, 3.8) is 0 Å². The van der Waals surface area contributed by atoms with Crippen LogP contribution in [0.15, 0.2) is 17.5 Å². The lowest BCUT2D eigenvalue weighted by atomic mass is 10.0. The van der Waals surface area contributed by atoms with Gasteiger partial charge in [0, 0.05) is 18.0 Å². The summed E-state index contributed by atoms with van der Waals surface area (Å²) >= 11 is 1.77. The van der Waals surface area contributed by atoms with Crippen LogP contribution in [0, 0.1) is 0 Å². The lowest BCUT2D eigenvalue weighted by Gasteiger charge is -2.37. The molecule has 2 heterocycles. The second kappa shape index (κ2) is 3.40. The number of ether oxygens (including phenoxy) is 1. The zero-order chi connectivity index (χ0) is 9.31. The number of nitrogens with one attached hydrogen (secondary N) is 1. The van der Waals surface area contributed by atoms with Gasteiger partial charge in [0.1, 0.15) is 5.60 Å². The first-order chi connectivity index (χ1) is 6.21. The molecule has 1 aliphatic heterocycles. The summed E-state index contributed by atoms with van der Waals surface area (Å²) in [7, 11) is 0. The van der Waals surface area contributed by atoms with Crippen molar-refractivity contribution in [3.8, 4) is 0 Å². The van der Waals surface area contributed by atoms with E-state index in [1.165, 1.54) is 4.88 Å². The van der Waals surface area contributed by atoms with Crippen molar-refractivity contribution in [3.05, 3.63) is 22.4 Å². The Balaban J connectivity index is 2.20. The molecule has 2 atom stereocenters. The van der Waals surface area contributed by atoms with Crippen LogP contribution in [-0.4, -0.2) is 19.2 Å². The Morgan fingerprint density at radius 2 is 2.54 bits per heavy atom. The summed E-state index contributed by atoms with van der Waals surface area (Å²) in [6.45, 7) is 6.14. The van der Waals surface area contributed by atoms with E-state index in [1.54, 1.807) is 11.3 Å². The van der Waals surface area contributed by atoms with Gasteiger partial charge in [0.05, 0.1) is 6.10 Å². The van der Waals surface area contributed by atoms with Crippen molar-refractivity contribution in [2.45, 2.75) is 25.6 Å². The number of hydrogen-bond donors (Lipinski definition) is 1. The predicted molar refractivity (Wildman–Crippen MR) is 55.1 cm³/mol. The highest BCUT2D eigenvalue weighted by molar-refractivity contribution is 7.10. The van der Waals surface area contributed by atoms with Crippen LogP contribution >= 0.6 is 11.3 Å². The van der Waals surface area contributed by atoms with E-state index < -0.39 is 0 Å². The molecule has 1 aliphatic rings. The second-order valence-corrected chi connectivity index (χ2v) is 4.72. The first-order valence-corrected chi connectivity index (χ1v) is 5.51. The molecule has 2 nitrogen and oxygen atoms in total. The molecule has 2 rings (SSSR count). The van der Waals surface area contributed by atoms with Crippen molar-refractivity contribution < 1.29 is 4.74 Å². The molecule has 1 aromatic rings. The van der Waals surface area contributed by atoms with Gasteiger partial charge >= 0.3 is 0 Å². The Morgan fingerprint density at radius 3 is 3.15 bits per heavy atom. The van der Waals surface area contributed by atoms with Crippen LogP contribution in [0.4, 0.5) is 0 Å². The Bertz CT molecular complexity index is 272. The zero-order valence-electron chi connectivity index (χ0n) is 8.04. The molecule has 1 saturated heterocycles. The van der Waals surface area contributed by atoms with Crippen molar-refractivity contribution in [2.75, 3.05) is 13.1 Å². The molecule has 0 saturated carbocycles. The fraction of sp³-hybridized carbons (Fsp3) is 0.600. The van der Waals surface area contributed by atoms with E-state index in [0.717, 1.165) is 13.1 Å².